The topological polar surface area (TPSA) is 116 Å². The van der Waals surface area contributed by atoms with Gasteiger partial charge in [-0.3, -0.25) is 4.79 Å². The number of ether oxygens (including phenoxy) is 1. The van der Waals surface area contributed by atoms with Crippen molar-refractivity contribution in [2.24, 2.45) is 35.3 Å². The number of likely N-dealkylation sites (tertiary alicyclic amines) is 1. The van der Waals surface area contributed by atoms with Gasteiger partial charge in [-0.2, -0.15) is 0 Å². The Labute approximate surface area is 211 Å². The van der Waals surface area contributed by atoms with Gasteiger partial charge in [-0.05, 0) is 88.0 Å². The second-order valence-corrected chi connectivity index (χ2v) is 12.2. The third kappa shape index (κ3) is 6.78. The summed E-state index contributed by atoms with van der Waals surface area (Å²) in [6, 6.07) is 0. The van der Waals surface area contributed by atoms with E-state index in [0.29, 0.717) is 12.3 Å². The lowest BCUT2D eigenvalue weighted by atomic mass is 9.72. The van der Waals surface area contributed by atoms with Crippen LogP contribution in [0.3, 0.4) is 0 Å². The average molecular weight is 495 g/mol. The number of aliphatic hydroxyl groups excluding tert-OH is 1. The molecular weight excluding hydrogens is 444 g/mol. The van der Waals surface area contributed by atoms with E-state index in [2.05, 4.69) is 4.90 Å². The summed E-state index contributed by atoms with van der Waals surface area (Å²) in [5, 5.41) is 31.0. The molecule has 35 heavy (non-hydrogen) atoms. The molecule has 0 aromatic rings. The molecule has 5 unspecified atom stereocenters. The van der Waals surface area contributed by atoms with Crippen LogP contribution in [-0.2, 0) is 9.53 Å². The zero-order valence-corrected chi connectivity index (χ0v) is 21.7. The van der Waals surface area contributed by atoms with Crippen LogP contribution in [0.25, 0.3) is 0 Å². The normalized spacial score (nSPS) is 33.6. The minimum absolute atomic E-state index is 0.0246. The predicted octanol–water partition coefficient (Wildman–Crippen LogP) is 3.19. The Hall–Kier alpha value is -0.730. The predicted molar refractivity (Wildman–Crippen MR) is 135 cm³/mol. The molecule has 7 nitrogen and oxygen atoms in total. The van der Waals surface area contributed by atoms with Gasteiger partial charge in [-0.25, -0.2) is 0 Å². The third-order valence-electron chi connectivity index (χ3n) is 9.96. The molecule has 5 N–H and O–H groups in total. The third-order valence-corrected chi connectivity index (χ3v) is 9.96. The molecule has 1 amide bonds. The molecule has 7 heteroatoms. The summed E-state index contributed by atoms with van der Waals surface area (Å²) in [6.07, 6.45) is 13.6. The van der Waals surface area contributed by atoms with Gasteiger partial charge in [0, 0.05) is 19.0 Å². The van der Waals surface area contributed by atoms with Crippen molar-refractivity contribution in [3.63, 3.8) is 0 Å². The van der Waals surface area contributed by atoms with Crippen molar-refractivity contribution in [1.29, 1.82) is 0 Å². The molecule has 3 saturated carbocycles. The summed E-state index contributed by atoms with van der Waals surface area (Å²) >= 11 is 0. The van der Waals surface area contributed by atoms with Gasteiger partial charge in [0.2, 0.25) is 5.91 Å². The van der Waals surface area contributed by atoms with Gasteiger partial charge in [-0.1, -0.05) is 38.5 Å². The van der Waals surface area contributed by atoms with Gasteiger partial charge >= 0.3 is 0 Å². The first kappa shape index (κ1) is 27.3. The molecule has 1 aliphatic heterocycles. The monoisotopic (exact) mass is 494 g/mol. The molecule has 0 spiro atoms. The van der Waals surface area contributed by atoms with Crippen molar-refractivity contribution in [2.75, 3.05) is 26.2 Å². The molecule has 0 aromatic carbocycles. The lowest BCUT2D eigenvalue weighted by molar-refractivity contribution is -0.239. The van der Waals surface area contributed by atoms with Crippen LogP contribution in [0.15, 0.2) is 0 Å². The Morgan fingerprint density at radius 1 is 0.886 bits per heavy atom. The highest BCUT2D eigenvalue weighted by atomic mass is 16.5. The SMILES string of the molecule is NCC1CCCC(C2CCN(C(=O)C3CCCC(OCC(O)(C(O)O)C4CCCCC4)C3)CC2)C1. The fourth-order valence-electron chi connectivity index (χ4n) is 7.60. The lowest BCUT2D eigenvalue weighted by Crippen LogP contribution is -2.54. The van der Waals surface area contributed by atoms with Crippen LogP contribution >= 0.6 is 0 Å². The number of carbonyl (C=O) groups excluding carboxylic acids is 1. The largest absolute Gasteiger partial charge is 0.382 e. The van der Waals surface area contributed by atoms with Crippen LogP contribution in [0.1, 0.15) is 96.3 Å². The Kier molecular flexibility index (Phi) is 9.89. The molecule has 4 fully saturated rings. The molecule has 5 atom stereocenters. The number of piperidine rings is 1. The minimum Gasteiger partial charge on any atom is -0.382 e. The number of aliphatic hydroxyl groups is 3. The van der Waals surface area contributed by atoms with E-state index in [4.69, 9.17) is 10.5 Å². The zero-order valence-electron chi connectivity index (χ0n) is 21.7. The van der Waals surface area contributed by atoms with E-state index in [0.717, 1.165) is 95.7 Å². The maximum atomic E-state index is 13.4. The molecule has 1 saturated heterocycles. The van der Waals surface area contributed by atoms with Gasteiger partial charge < -0.3 is 30.7 Å². The number of hydrogen-bond donors (Lipinski definition) is 4. The Balaban J connectivity index is 1.24. The van der Waals surface area contributed by atoms with Crippen LogP contribution in [0.2, 0.25) is 0 Å². The highest BCUT2D eigenvalue weighted by molar-refractivity contribution is 5.79. The summed E-state index contributed by atoms with van der Waals surface area (Å²) < 4.78 is 6.10. The highest BCUT2D eigenvalue weighted by Gasteiger charge is 2.44. The number of amides is 1. The molecule has 1 heterocycles. The summed E-state index contributed by atoms with van der Waals surface area (Å²) in [4.78, 5) is 15.4. The van der Waals surface area contributed by atoms with E-state index in [1.54, 1.807) is 0 Å². The van der Waals surface area contributed by atoms with Crippen molar-refractivity contribution in [3.05, 3.63) is 0 Å². The fourth-order valence-corrected chi connectivity index (χ4v) is 7.60. The second kappa shape index (κ2) is 12.7. The molecule has 0 bridgehead atoms. The van der Waals surface area contributed by atoms with Gasteiger partial charge in [0.15, 0.2) is 6.29 Å². The summed E-state index contributed by atoms with van der Waals surface area (Å²) in [5.41, 5.74) is 4.32. The van der Waals surface area contributed by atoms with Crippen LogP contribution in [0.4, 0.5) is 0 Å². The minimum atomic E-state index is -1.81. The number of hydrogen-bond acceptors (Lipinski definition) is 6. The smallest absolute Gasteiger partial charge is 0.225 e. The highest BCUT2D eigenvalue weighted by Crippen LogP contribution is 2.39. The molecule has 0 aromatic heterocycles. The summed E-state index contributed by atoms with van der Waals surface area (Å²) in [6.45, 7) is 2.48. The number of nitrogens with two attached hydrogens (primary N) is 1. The first-order valence-corrected chi connectivity index (χ1v) is 14.6. The van der Waals surface area contributed by atoms with Crippen LogP contribution in [0.5, 0.6) is 0 Å². The van der Waals surface area contributed by atoms with Gasteiger partial charge in [0.05, 0.1) is 12.7 Å². The fraction of sp³-hybridized carbons (Fsp3) is 0.964. The second-order valence-electron chi connectivity index (χ2n) is 12.2. The number of rotatable bonds is 8. The average Bonchev–Trinajstić information content (AvgIpc) is 2.92. The van der Waals surface area contributed by atoms with E-state index in [9.17, 15) is 20.1 Å². The molecule has 3 aliphatic carbocycles. The summed E-state index contributed by atoms with van der Waals surface area (Å²) in [7, 11) is 0. The molecule has 0 radical (unpaired) electrons. The van der Waals surface area contributed by atoms with Gasteiger partial charge in [0.1, 0.15) is 5.60 Å². The van der Waals surface area contributed by atoms with Crippen molar-refractivity contribution < 1.29 is 24.9 Å². The maximum Gasteiger partial charge on any atom is 0.225 e. The molecule has 4 rings (SSSR count). The molecular formula is C28H50N2O5. The van der Waals surface area contributed by atoms with E-state index in [1.165, 1.54) is 25.7 Å². The Morgan fingerprint density at radius 3 is 2.29 bits per heavy atom. The van der Waals surface area contributed by atoms with E-state index >= 15 is 0 Å². The van der Waals surface area contributed by atoms with Crippen LogP contribution in [0, 0.1) is 29.6 Å². The zero-order chi connectivity index (χ0) is 24.8. The van der Waals surface area contributed by atoms with E-state index < -0.39 is 11.9 Å². The van der Waals surface area contributed by atoms with Crippen LogP contribution in [-0.4, -0.2) is 70.4 Å². The van der Waals surface area contributed by atoms with E-state index in [-0.39, 0.29) is 30.5 Å². The Morgan fingerprint density at radius 2 is 1.60 bits per heavy atom. The van der Waals surface area contributed by atoms with Crippen LogP contribution < -0.4 is 5.73 Å². The van der Waals surface area contributed by atoms with Gasteiger partial charge in [-0.15, -0.1) is 0 Å². The standard InChI is InChI=1S/C28H50N2O5/c29-18-20-6-4-7-22(16-20)21-12-14-30(15-13-21)26(31)23-8-5-11-25(17-23)35-19-28(34,27(32)33)24-9-2-1-3-10-24/h20-25,27,32-34H,1-19,29H2. The van der Waals surface area contributed by atoms with Gasteiger partial charge in [0.25, 0.3) is 0 Å². The van der Waals surface area contributed by atoms with Crippen molar-refractivity contribution in [2.45, 2.75) is 114 Å². The quantitative estimate of drug-likeness (QED) is 0.385. The number of nitrogens with zero attached hydrogens (tertiary/aromatic N) is 1. The molecule has 202 valence electrons. The lowest BCUT2D eigenvalue weighted by Gasteiger charge is -2.42. The van der Waals surface area contributed by atoms with Crippen molar-refractivity contribution in [3.8, 4) is 0 Å². The molecule has 4 aliphatic rings. The first-order chi connectivity index (χ1) is 16.9. The number of carbonyl (C=O) groups is 1. The van der Waals surface area contributed by atoms with Crippen molar-refractivity contribution in [1.82, 2.24) is 4.90 Å². The van der Waals surface area contributed by atoms with E-state index in [1.807, 2.05) is 0 Å². The summed E-state index contributed by atoms with van der Waals surface area (Å²) in [5.74, 6) is 2.30. The maximum absolute atomic E-state index is 13.4. The first-order valence-electron chi connectivity index (χ1n) is 14.6. The van der Waals surface area contributed by atoms with Crippen molar-refractivity contribution >= 4 is 5.91 Å². The Bertz CT molecular complexity index is 662.